The van der Waals surface area contributed by atoms with Crippen molar-refractivity contribution in [1.82, 2.24) is 4.90 Å². The van der Waals surface area contributed by atoms with E-state index in [-0.39, 0.29) is 16.7 Å². The van der Waals surface area contributed by atoms with Gasteiger partial charge in [-0.1, -0.05) is 18.2 Å². The molecular formula is C27H25NO7. The summed E-state index contributed by atoms with van der Waals surface area (Å²) >= 11 is 0. The first kappa shape index (κ1) is 21.9. The third kappa shape index (κ3) is 3.13. The van der Waals surface area contributed by atoms with Gasteiger partial charge in [0.25, 0.3) is 6.47 Å². The van der Waals surface area contributed by atoms with Crippen LogP contribution in [0, 0.1) is 5.92 Å². The van der Waals surface area contributed by atoms with Gasteiger partial charge in [-0.05, 0) is 68.6 Å². The van der Waals surface area contributed by atoms with E-state index in [9.17, 15) is 14.4 Å². The summed E-state index contributed by atoms with van der Waals surface area (Å²) in [6.07, 6.45) is 4.03. The summed E-state index contributed by atoms with van der Waals surface area (Å²) < 4.78 is 22.9. The minimum absolute atomic E-state index is 0.135. The van der Waals surface area contributed by atoms with Gasteiger partial charge in [-0.25, -0.2) is 4.79 Å². The van der Waals surface area contributed by atoms with Gasteiger partial charge in [-0.15, -0.1) is 0 Å². The largest absolute Gasteiger partial charge is 0.477 e. The third-order valence-electron chi connectivity index (χ3n) is 7.96. The van der Waals surface area contributed by atoms with Gasteiger partial charge in [0, 0.05) is 23.9 Å². The monoisotopic (exact) mass is 475 g/mol. The Morgan fingerprint density at radius 1 is 1.14 bits per heavy atom. The minimum Gasteiger partial charge on any atom is -0.477 e. The number of rotatable bonds is 5. The number of para-hydroxylation sites is 1. The molecule has 0 amide bonds. The fourth-order valence-corrected chi connectivity index (χ4v) is 6.59. The average Bonchev–Trinajstić information content (AvgIpc) is 3.19. The number of hydrogen-bond acceptors (Lipinski definition) is 8. The van der Waals surface area contributed by atoms with Crippen molar-refractivity contribution in [3.05, 3.63) is 64.9 Å². The summed E-state index contributed by atoms with van der Waals surface area (Å²) in [7, 11) is 2.16. The van der Waals surface area contributed by atoms with Gasteiger partial charge in [0.1, 0.15) is 17.1 Å². The van der Waals surface area contributed by atoms with Gasteiger partial charge >= 0.3 is 11.9 Å². The lowest BCUT2D eigenvalue weighted by Crippen LogP contribution is -2.63. The Balaban J connectivity index is 1.43. The van der Waals surface area contributed by atoms with Gasteiger partial charge in [0.2, 0.25) is 0 Å². The summed E-state index contributed by atoms with van der Waals surface area (Å²) in [5.74, 6) is 0.605. The average molecular weight is 475 g/mol. The van der Waals surface area contributed by atoms with Crippen LogP contribution in [-0.2, 0) is 26.2 Å². The van der Waals surface area contributed by atoms with Crippen molar-refractivity contribution in [2.45, 2.75) is 43.7 Å². The van der Waals surface area contributed by atoms with Crippen molar-refractivity contribution in [3.63, 3.8) is 0 Å². The Kier molecular flexibility index (Phi) is 4.96. The van der Waals surface area contributed by atoms with Crippen LogP contribution < -0.4 is 14.2 Å². The molecule has 8 nitrogen and oxygen atoms in total. The highest BCUT2D eigenvalue weighted by atomic mass is 16.6. The Morgan fingerprint density at radius 2 is 1.97 bits per heavy atom. The van der Waals surface area contributed by atoms with Crippen LogP contribution >= 0.6 is 0 Å². The zero-order valence-corrected chi connectivity index (χ0v) is 19.5. The highest BCUT2D eigenvalue weighted by molar-refractivity contribution is 5.95. The SMILES string of the molecule is CC(=O)Oc1ccccc1C(=O)Oc1ccc2c3c1OC1C(OC=O)=CCC4C(C2)N(C)CCC314. The predicted octanol–water partition coefficient (Wildman–Crippen LogP) is 3.17. The first-order valence-electron chi connectivity index (χ1n) is 11.8. The number of piperidine rings is 1. The van der Waals surface area contributed by atoms with E-state index in [2.05, 4.69) is 11.9 Å². The number of carbonyl (C=O) groups excluding carboxylic acids is 3. The lowest BCUT2D eigenvalue weighted by Gasteiger charge is -2.56. The molecule has 35 heavy (non-hydrogen) atoms. The van der Waals surface area contributed by atoms with Gasteiger partial charge < -0.3 is 23.8 Å². The zero-order chi connectivity index (χ0) is 24.3. The molecule has 6 rings (SSSR count). The molecular weight excluding hydrogens is 450 g/mol. The van der Waals surface area contributed by atoms with Crippen LogP contribution in [0.5, 0.6) is 17.2 Å². The van der Waals surface area contributed by atoms with Gasteiger partial charge in [0.15, 0.2) is 17.6 Å². The van der Waals surface area contributed by atoms with E-state index in [0.29, 0.717) is 35.7 Å². The predicted molar refractivity (Wildman–Crippen MR) is 123 cm³/mol. The van der Waals surface area contributed by atoms with Crippen molar-refractivity contribution in [2.75, 3.05) is 13.6 Å². The first-order chi connectivity index (χ1) is 16.9. The molecule has 1 fully saturated rings. The Labute approximate surface area is 202 Å². The quantitative estimate of drug-likeness (QED) is 0.370. The van der Waals surface area contributed by atoms with Crippen molar-refractivity contribution < 1.29 is 33.3 Å². The van der Waals surface area contributed by atoms with E-state index in [1.54, 1.807) is 30.3 Å². The van der Waals surface area contributed by atoms with E-state index in [4.69, 9.17) is 18.9 Å². The molecule has 2 aromatic carbocycles. The van der Waals surface area contributed by atoms with Crippen LogP contribution in [0.3, 0.4) is 0 Å². The van der Waals surface area contributed by atoms with E-state index in [1.807, 2.05) is 12.1 Å². The summed E-state index contributed by atoms with van der Waals surface area (Å²) in [6, 6.07) is 10.6. The second-order valence-corrected chi connectivity index (χ2v) is 9.61. The molecule has 2 aliphatic carbocycles. The van der Waals surface area contributed by atoms with E-state index in [0.717, 1.165) is 31.4 Å². The van der Waals surface area contributed by atoms with Gasteiger partial charge in [-0.3, -0.25) is 9.59 Å². The molecule has 2 aliphatic heterocycles. The molecule has 0 radical (unpaired) electrons. The summed E-state index contributed by atoms with van der Waals surface area (Å²) in [5, 5.41) is 0. The van der Waals surface area contributed by atoms with Crippen molar-refractivity contribution >= 4 is 18.4 Å². The van der Waals surface area contributed by atoms with Gasteiger partial charge in [-0.2, -0.15) is 0 Å². The van der Waals surface area contributed by atoms with Crippen LogP contribution in [0.15, 0.2) is 48.2 Å². The Bertz CT molecular complexity index is 1280. The van der Waals surface area contributed by atoms with Crippen molar-refractivity contribution in [2.24, 2.45) is 5.92 Å². The maximum absolute atomic E-state index is 13.2. The van der Waals surface area contributed by atoms with Crippen LogP contribution in [0.4, 0.5) is 0 Å². The van der Waals surface area contributed by atoms with Crippen molar-refractivity contribution in [1.29, 1.82) is 0 Å². The standard InChI is InChI=1S/C27H25NO7/c1-15(30)33-20-6-4-3-5-17(20)26(31)34-21-9-7-16-13-19-18-8-10-22(32-14-29)25-27(18,11-12-28(19)2)23(16)24(21)35-25/h3-7,9-10,14,18-19,25H,8,11-13H2,1-2H3. The molecule has 8 heteroatoms. The molecule has 0 aromatic heterocycles. The minimum atomic E-state index is -0.650. The van der Waals surface area contributed by atoms with Crippen LogP contribution in [-0.4, -0.2) is 49.0 Å². The maximum atomic E-state index is 13.2. The number of allylic oxidation sites excluding steroid dienone is 1. The molecule has 1 spiro atoms. The van der Waals surface area contributed by atoms with E-state index >= 15 is 0 Å². The Morgan fingerprint density at radius 3 is 2.77 bits per heavy atom. The molecule has 2 heterocycles. The molecule has 4 atom stereocenters. The third-order valence-corrected chi connectivity index (χ3v) is 7.96. The Hall–Kier alpha value is -3.65. The van der Waals surface area contributed by atoms with Crippen LogP contribution in [0.25, 0.3) is 0 Å². The number of nitrogens with zero attached hydrogens (tertiary/aromatic N) is 1. The molecule has 4 aliphatic rings. The number of hydrogen-bond donors (Lipinski definition) is 0. The molecule has 0 N–H and O–H groups in total. The van der Waals surface area contributed by atoms with Gasteiger partial charge in [0.05, 0.1) is 0 Å². The van der Waals surface area contributed by atoms with E-state index < -0.39 is 18.0 Å². The van der Waals surface area contributed by atoms with Crippen LogP contribution in [0.2, 0.25) is 0 Å². The van der Waals surface area contributed by atoms with Crippen molar-refractivity contribution in [3.8, 4) is 17.2 Å². The van der Waals surface area contributed by atoms with E-state index in [1.165, 1.54) is 12.5 Å². The number of benzene rings is 2. The number of ether oxygens (including phenoxy) is 4. The fourth-order valence-electron chi connectivity index (χ4n) is 6.59. The molecule has 1 saturated heterocycles. The normalized spacial score (nSPS) is 27.7. The highest BCUT2D eigenvalue weighted by Gasteiger charge is 2.64. The summed E-state index contributed by atoms with van der Waals surface area (Å²) in [4.78, 5) is 38.3. The molecule has 0 saturated carbocycles. The lowest BCUT2D eigenvalue weighted by atomic mass is 9.53. The number of likely N-dealkylation sites (tertiary alicyclic amines) is 1. The lowest BCUT2D eigenvalue weighted by molar-refractivity contribution is -0.132. The number of likely N-dealkylation sites (N-methyl/N-ethyl adjacent to an activating group) is 1. The summed E-state index contributed by atoms with van der Waals surface area (Å²) in [6.45, 7) is 2.62. The maximum Gasteiger partial charge on any atom is 0.347 e. The molecule has 4 unspecified atom stereocenters. The number of carbonyl (C=O) groups is 3. The summed E-state index contributed by atoms with van der Waals surface area (Å²) in [5.41, 5.74) is 2.03. The topological polar surface area (TPSA) is 91.4 Å². The molecule has 180 valence electrons. The second-order valence-electron chi connectivity index (χ2n) is 9.61. The smallest absolute Gasteiger partial charge is 0.347 e. The number of esters is 2. The molecule has 2 aromatic rings. The van der Waals surface area contributed by atoms with Crippen LogP contribution in [0.1, 0.15) is 41.3 Å². The zero-order valence-electron chi connectivity index (χ0n) is 19.5. The highest BCUT2D eigenvalue weighted by Crippen LogP contribution is 2.63. The fraction of sp³-hybridized carbons (Fsp3) is 0.370. The first-order valence-corrected chi connectivity index (χ1v) is 11.8. The molecule has 2 bridgehead atoms. The second kappa shape index (κ2) is 7.95.